The molecular weight excluding hydrogens is 178 g/mol. The second-order valence-electron chi connectivity index (χ2n) is 2.66. The maximum atomic E-state index is 11.3. The summed E-state index contributed by atoms with van der Waals surface area (Å²) in [5.74, 6) is -0.131. The molecule has 1 aliphatic heterocycles. The first-order valence-corrected chi connectivity index (χ1v) is 4.86. The van der Waals surface area contributed by atoms with Crippen molar-refractivity contribution in [1.82, 2.24) is 0 Å². The molecule has 5 heteroatoms. The van der Waals surface area contributed by atoms with Gasteiger partial charge in [0, 0.05) is 22.2 Å². The van der Waals surface area contributed by atoms with E-state index in [1.165, 1.54) is 7.11 Å². The zero-order valence-electron chi connectivity index (χ0n) is 6.99. The lowest BCUT2D eigenvalue weighted by Crippen LogP contribution is -2.29. The van der Waals surface area contributed by atoms with Crippen molar-refractivity contribution in [3.8, 4) is 0 Å². The van der Waals surface area contributed by atoms with Gasteiger partial charge < -0.3 is 10.5 Å². The minimum atomic E-state index is -1.22. The number of esters is 1. The molecule has 0 unspecified atom stereocenters. The van der Waals surface area contributed by atoms with Crippen LogP contribution in [-0.2, 0) is 20.3 Å². The van der Waals surface area contributed by atoms with Gasteiger partial charge in [0.2, 0.25) is 0 Å². The summed E-state index contributed by atoms with van der Waals surface area (Å²) in [4.78, 5) is 11.1. The third-order valence-corrected chi connectivity index (χ3v) is 3.50. The molecule has 1 heterocycles. The molecule has 4 nitrogen and oxygen atoms in total. The molecular formula is C7H11NO3S. The van der Waals surface area contributed by atoms with Gasteiger partial charge in [-0.15, -0.1) is 0 Å². The molecule has 0 aromatic carbocycles. The molecule has 2 atom stereocenters. The SMILES string of the molecule is COC(=O)[C@H]1C(N)=C(C)C[S@]1=O. The van der Waals surface area contributed by atoms with Gasteiger partial charge in [-0.2, -0.15) is 0 Å². The lowest BCUT2D eigenvalue weighted by atomic mass is 10.2. The molecule has 1 aliphatic rings. The number of rotatable bonds is 1. The molecule has 0 fully saturated rings. The monoisotopic (exact) mass is 189 g/mol. The van der Waals surface area contributed by atoms with Crippen LogP contribution >= 0.6 is 0 Å². The summed E-state index contributed by atoms with van der Waals surface area (Å²) in [6, 6.07) is 0. The number of nitrogens with two attached hydrogens (primary N) is 1. The zero-order chi connectivity index (χ0) is 9.30. The Morgan fingerprint density at radius 3 is 2.67 bits per heavy atom. The Hall–Kier alpha value is -0.840. The molecule has 0 radical (unpaired) electrons. The first-order valence-electron chi connectivity index (χ1n) is 3.48. The highest BCUT2D eigenvalue weighted by molar-refractivity contribution is 7.87. The quantitative estimate of drug-likeness (QED) is 0.566. The van der Waals surface area contributed by atoms with E-state index in [1.807, 2.05) is 0 Å². The van der Waals surface area contributed by atoms with Crippen LogP contribution in [0.25, 0.3) is 0 Å². The Morgan fingerprint density at radius 1 is 1.75 bits per heavy atom. The fourth-order valence-electron chi connectivity index (χ4n) is 1.09. The van der Waals surface area contributed by atoms with Crippen molar-refractivity contribution in [2.75, 3.05) is 12.9 Å². The molecule has 0 amide bonds. The first kappa shape index (κ1) is 9.25. The Bertz CT molecular complexity index is 272. The lowest BCUT2D eigenvalue weighted by molar-refractivity contribution is -0.139. The second kappa shape index (κ2) is 3.26. The Labute approximate surface area is 73.2 Å². The van der Waals surface area contributed by atoms with E-state index >= 15 is 0 Å². The highest BCUT2D eigenvalue weighted by atomic mass is 32.2. The maximum absolute atomic E-state index is 11.3. The molecule has 12 heavy (non-hydrogen) atoms. The van der Waals surface area contributed by atoms with Gasteiger partial charge >= 0.3 is 5.97 Å². The topological polar surface area (TPSA) is 69.4 Å². The number of methoxy groups -OCH3 is 1. The highest BCUT2D eigenvalue weighted by Crippen LogP contribution is 2.20. The van der Waals surface area contributed by atoms with E-state index in [1.54, 1.807) is 6.92 Å². The third kappa shape index (κ3) is 1.36. The summed E-state index contributed by atoms with van der Waals surface area (Å²) in [6.07, 6.45) is 0. The fraction of sp³-hybridized carbons (Fsp3) is 0.571. The van der Waals surface area contributed by atoms with Gasteiger partial charge in [-0.05, 0) is 12.5 Å². The van der Waals surface area contributed by atoms with E-state index < -0.39 is 22.0 Å². The van der Waals surface area contributed by atoms with E-state index in [2.05, 4.69) is 4.74 Å². The van der Waals surface area contributed by atoms with Gasteiger partial charge in [-0.3, -0.25) is 9.00 Å². The molecule has 1 rings (SSSR count). The molecule has 0 saturated heterocycles. The average molecular weight is 189 g/mol. The number of carbonyl (C=O) groups is 1. The van der Waals surface area contributed by atoms with Crippen molar-refractivity contribution < 1.29 is 13.7 Å². The van der Waals surface area contributed by atoms with Crippen LogP contribution in [0.2, 0.25) is 0 Å². The predicted molar refractivity (Wildman–Crippen MR) is 45.7 cm³/mol. The van der Waals surface area contributed by atoms with E-state index in [0.717, 1.165) is 5.57 Å². The normalized spacial score (nSPS) is 29.2. The Morgan fingerprint density at radius 2 is 2.33 bits per heavy atom. The van der Waals surface area contributed by atoms with Crippen LogP contribution in [0.15, 0.2) is 11.3 Å². The van der Waals surface area contributed by atoms with Crippen LogP contribution in [0, 0.1) is 0 Å². The molecule has 0 spiro atoms. The van der Waals surface area contributed by atoms with Gasteiger partial charge in [-0.25, -0.2) is 0 Å². The van der Waals surface area contributed by atoms with Crippen molar-refractivity contribution in [2.24, 2.45) is 5.73 Å². The van der Waals surface area contributed by atoms with Crippen molar-refractivity contribution in [2.45, 2.75) is 12.2 Å². The average Bonchev–Trinajstić information content (AvgIpc) is 2.26. The van der Waals surface area contributed by atoms with Crippen LogP contribution in [0.1, 0.15) is 6.92 Å². The molecule has 0 aliphatic carbocycles. The summed E-state index contributed by atoms with van der Waals surface area (Å²) in [7, 11) is 0.0400. The number of hydrogen-bond acceptors (Lipinski definition) is 4. The molecule has 0 aromatic rings. The zero-order valence-corrected chi connectivity index (χ0v) is 7.81. The van der Waals surface area contributed by atoms with Crippen LogP contribution in [0.3, 0.4) is 0 Å². The van der Waals surface area contributed by atoms with E-state index in [9.17, 15) is 9.00 Å². The smallest absolute Gasteiger partial charge is 0.327 e. The number of ether oxygens (including phenoxy) is 1. The first-order chi connectivity index (χ1) is 5.57. The minimum Gasteiger partial charge on any atom is -0.468 e. The van der Waals surface area contributed by atoms with Gasteiger partial charge in [0.25, 0.3) is 0 Å². The maximum Gasteiger partial charge on any atom is 0.327 e. The molecule has 0 aromatic heterocycles. The second-order valence-corrected chi connectivity index (χ2v) is 4.19. The van der Waals surface area contributed by atoms with Crippen molar-refractivity contribution in [1.29, 1.82) is 0 Å². The lowest BCUT2D eigenvalue weighted by Gasteiger charge is -2.06. The largest absolute Gasteiger partial charge is 0.468 e. The van der Waals surface area contributed by atoms with Gasteiger partial charge in [0.1, 0.15) is 0 Å². The minimum absolute atomic E-state index is 0.381. The van der Waals surface area contributed by atoms with Gasteiger partial charge in [0.05, 0.1) is 7.11 Å². The standard InChI is InChI=1S/C7H11NO3S/c1-4-3-12(10)6(5(4)8)7(9)11-2/h6H,3,8H2,1-2H3/t6-,12-/m1/s1. The third-order valence-electron chi connectivity index (χ3n) is 1.81. The van der Waals surface area contributed by atoms with Crippen LogP contribution in [-0.4, -0.2) is 28.3 Å². The van der Waals surface area contributed by atoms with Crippen molar-refractivity contribution >= 4 is 16.8 Å². The Kier molecular flexibility index (Phi) is 2.52. The van der Waals surface area contributed by atoms with Gasteiger partial charge in [-0.1, -0.05) is 0 Å². The molecule has 2 N–H and O–H groups in total. The predicted octanol–water partition coefficient (Wildman–Crippen LogP) is -0.477. The summed E-state index contributed by atoms with van der Waals surface area (Å²) >= 11 is 0. The van der Waals surface area contributed by atoms with Crippen molar-refractivity contribution in [3.05, 3.63) is 11.3 Å². The summed E-state index contributed by atoms with van der Waals surface area (Å²) in [5, 5.41) is -0.741. The number of carbonyl (C=O) groups excluding carboxylic acids is 1. The summed E-state index contributed by atoms with van der Waals surface area (Å²) in [6.45, 7) is 1.77. The highest BCUT2D eigenvalue weighted by Gasteiger charge is 2.35. The van der Waals surface area contributed by atoms with Crippen LogP contribution in [0.4, 0.5) is 0 Å². The number of hydrogen-bond donors (Lipinski definition) is 1. The summed E-state index contributed by atoms with van der Waals surface area (Å²) in [5.41, 5.74) is 6.80. The van der Waals surface area contributed by atoms with Crippen molar-refractivity contribution in [3.63, 3.8) is 0 Å². The van der Waals surface area contributed by atoms with Gasteiger partial charge in [0.15, 0.2) is 5.25 Å². The van der Waals surface area contributed by atoms with E-state index in [4.69, 9.17) is 5.73 Å². The molecule has 68 valence electrons. The summed E-state index contributed by atoms with van der Waals surface area (Å²) < 4.78 is 15.8. The molecule has 0 bridgehead atoms. The van der Waals surface area contributed by atoms with Crippen LogP contribution < -0.4 is 5.73 Å². The van der Waals surface area contributed by atoms with E-state index in [-0.39, 0.29) is 0 Å². The molecule has 0 saturated carbocycles. The Balaban J connectivity index is 2.91. The van der Waals surface area contributed by atoms with E-state index in [0.29, 0.717) is 11.4 Å². The van der Waals surface area contributed by atoms with Crippen LogP contribution in [0.5, 0.6) is 0 Å². The fourth-order valence-corrected chi connectivity index (χ4v) is 2.64.